The summed E-state index contributed by atoms with van der Waals surface area (Å²) in [7, 11) is -3.49. The second-order valence-corrected chi connectivity index (χ2v) is 6.41. The van der Waals surface area contributed by atoms with Gasteiger partial charge in [0.15, 0.2) is 9.84 Å². The average molecular weight is 257 g/mol. The van der Waals surface area contributed by atoms with E-state index in [1.165, 1.54) is 18.2 Å². The van der Waals surface area contributed by atoms with Gasteiger partial charge >= 0.3 is 0 Å². The molecule has 5 heteroatoms. The molecule has 1 N–H and O–H groups in total. The van der Waals surface area contributed by atoms with Crippen LogP contribution in [0.5, 0.6) is 0 Å². The molecular formula is C12H16FNO2S. The lowest BCUT2D eigenvalue weighted by Crippen LogP contribution is -2.31. The molecular weight excluding hydrogens is 241 g/mol. The van der Waals surface area contributed by atoms with Gasteiger partial charge in [-0.1, -0.05) is 12.1 Å². The summed E-state index contributed by atoms with van der Waals surface area (Å²) in [6, 6.07) is 5.58. The molecule has 2 rings (SSSR count). The van der Waals surface area contributed by atoms with E-state index in [2.05, 4.69) is 5.32 Å². The first-order valence-corrected chi connectivity index (χ1v) is 7.43. The number of benzene rings is 1. The Morgan fingerprint density at radius 3 is 2.53 bits per heavy atom. The molecule has 3 nitrogen and oxygen atoms in total. The molecule has 0 radical (unpaired) electrons. The highest BCUT2D eigenvalue weighted by molar-refractivity contribution is 7.91. The quantitative estimate of drug-likeness (QED) is 0.894. The highest BCUT2D eigenvalue weighted by atomic mass is 32.2. The minimum atomic E-state index is -3.49. The van der Waals surface area contributed by atoms with Gasteiger partial charge in [0, 0.05) is 0 Å². The highest BCUT2D eigenvalue weighted by Gasteiger charge is 2.24. The normalized spacial score (nSPS) is 18.2. The van der Waals surface area contributed by atoms with Crippen molar-refractivity contribution in [1.82, 2.24) is 5.32 Å². The molecule has 1 fully saturated rings. The average Bonchev–Trinajstić information content (AvgIpc) is 2.30. The molecule has 0 aromatic heterocycles. The lowest BCUT2D eigenvalue weighted by atomic mass is 10.0. The van der Waals surface area contributed by atoms with Crippen LogP contribution in [-0.2, 0) is 9.84 Å². The van der Waals surface area contributed by atoms with Crippen LogP contribution in [0, 0.1) is 11.7 Å². The predicted octanol–water partition coefficient (Wildman–Crippen LogP) is 1.60. The molecule has 0 spiro atoms. The minimum absolute atomic E-state index is 0.0512. The van der Waals surface area contributed by atoms with Crippen molar-refractivity contribution < 1.29 is 12.8 Å². The van der Waals surface area contributed by atoms with Crippen LogP contribution < -0.4 is 5.32 Å². The molecule has 0 unspecified atom stereocenters. The second kappa shape index (κ2) is 5.14. The molecule has 0 aliphatic carbocycles. The fourth-order valence-corrected chi connectivity index (χ4v) is 3.93. The number of hydrogen-bond donors (Lipinski definition) is 1. The van der Waals surface area contributed by atoms with E-state index >= 15 is 0 Å². The first-order chi connectivity index (χ1) is 8.09. The molecule has 1 heterocycles. The number of hydrogen-bond acceptors (Lipinski definition) is 3. The molecule has 0 bridgehead atoms. The van der Waals surface area contributed by atoms with E-state index in [1.807, 2.05) is 0 Å². The van der Waals surface area contributed by atoms with E-state index < -0.39 is 15.7 Å². The molecule has 0 atom stereocenters. The van der Waals surface area contributed by atoms with Crippen LogP contribution in [0.15, 0.2) is 29.2 Å². The van der Waals surface area contributed by atoms with Gasteiger partial charge < -0.3 is 5.32 Å². The van der Waals surface area contributed by atoms with E-state index in [4.69, 9.17) is 0 Å². The Kier molecular flexibility index (Phi) is 3.79. The van der Waals surface area contributed by atoms with Crippen LogP contribution in [0.1, 0.15) is 12.8 Å². The molecule has 1 aliphatic rings. The molecule has 94 valence electrons. The van der Waals surface area contributed by atoms with Crippen LogP contribution in [-0.4, -0.2) is 27.3 Å². The van der Waals surface area contributed by atoms with Gasteiger partial charge in [-0.25, -0.2) is 12.8 Å². The highest BCUT2D eigenvalue weighted by Crippen LogP contribution is 2.21. The Labute approximate surface area is 101 Å². The Morgan fingerprint density at radius 2 is 1.88 bits per heavy atom. The van der Waals surface area contributed by atoms with Gasteiger partial charge in [0.2, 0.25) is 0 Å². The summed E-state index contributed by atoms with van der Waals surface area (Å²) in [5.41, 5.74) is 0. The standard InChI is InChI=1S/C12H16FNO2S/c13-11-3-1-2-4-12(11)17(15,16)9-10-5-7-14-8-6-10/h1-4,10,14H,5-9H2. The van der Waals surface area contributed by atoms with Crippen molar-refractivity contribution in [3.05, 3.63) is 30.1 Å². The third kappa shape index (κ3) is 3.04. The maximum Gasteiger partial charge on any atom is 0.181 e. The maximum atomic E-state index is 13.4. The van der Waals surface area contributed by atoms with E-state index in [-0.39, 0.29) is 16.6 Å². The van der Waals surface area contributed by atoms with Gasteiger partial charge in [-0.15, -0.1) is 0 Å². The minimum Gasteiger partial charge on any atom is -0.317 e. The van der Waals surface area contributed by atoms with Gasteiger partial charge in [0.1, 0.15) is 10.7 Å². The largest absolute Gasteiger partial charge is 0.317 e. The van der Waals surface area contributed by atoms with Crippen LogP contribution in [0.4, 0.5) is 4.39 Å². The summed E-state index contributed by atoms with van der Waals surface area (Å²) < 4.78 is 37.6. The summed E-state index contributed by atoms with van der Waals surface area (Å²) in [4.78, 5) is -0.168. The molecule has 1 aromatic rings. The summed E-state index contributed by atoms with van der Waals surface area (Å²) in [6.07, 6.45) is 1.68. The van der Waals surface area contributed by atoms with Crippen molar-refractivity contribution in [1.29, 1.82) is 0 Å². The van der Waals surface area contributed by atoms with E-state index in [0.717, 1.165) is 25.9 Å². The van der Waals surface area contributed by atoms with E-state index in [9.17, 15) is 12.8 Å². The molecule has 1 aromatic carbocycles. The van der Waals surface area contributed by atoms with Crippen molar-refractivity contribution in [3.63, 3.8) is 0 Å². The zero-order valence-electron chi connectivity index (χ0n) is 9.52. The fourth-order valence-electron chi connectivity index (χ4n) is 2.15. The van der Waals surface area contributed by atoms with Crippen molar-refractivity contribution in [2.75, 3.05) is 18.8 Å². The van der Waals surface area contributed by atoms with E-state index in [1.54, 1.807) is 6.07 Å². The summed E-state index contributed by atoms with van der Waals surface area (Å²) in [5.74, 6) is -0.461. The molecule has 17 heavy (non-hydrogen) atoms. The van der Waals surface area contributed by atoms with Crippen LogP contribution in [0.2, 0.25) is 0 Å². The third-order valence-corrected chi connectivity index (χ3v) is 5.00. The van der Waals surface area contributed by atoms with Gasteiger partial charge in [-0.2, -0.15) is 0 Å². The zero-order valence-corrected chi connectivity index (χ0v) is 10.3. The van der Waals surface area contributed by atoms with Crippen molar-refractivity contribution in [2.24, 2.45) is 5.92 Å². The fraction of sp³-hybridized carbons (Fsp3) is 0.500. The Hall–Kier alpha value is -0.940. The van der Waals surface area contributed by atoms with Gasteiger partial charge in [0.05, 0.1) is 5.75 Å². The smallest absolute Gasteiger partial charge is 0.181 e. The lowest BCUT2D eigenvalue weighted by Gasteiger charge is -2.22. The maximum absolute atomic E-state index is 13.4. The van der Waals surface area contributed by atoms with Crippen LogP contribution >= 0.6 is 0 Å². The zero-order chi connectivity index (χ0) is 12.3. The first-order valence-electron chi connectivity index (χ1n) is 5.77. The van der Waals surface area contributed by atoms with Crippen molar-refractivity contribution >= 4 is 9.84 Å². The monoisotopic (exact) mass is 257 g/mol. The molecule has 1 saturated heterocycles. The number of halogens is 1. The SMILES string of the molecule is O=S(=O)(CC1CCNCC1)c1ccccc1F. The lowest BCUT2D eigenvalue weighted by molar-refractivity contribution is 0.401. The summed E-state index contributed by atoms with van der Waals surface area (Å²) in [5, 5.41) is 3.18. The van der Waals surface area contributed by atoms with Crippen LogP contribution in [0.25, 0.3) is 0 Å². The van der Waals surface area contributed by atoms with E-state index in [0.29, 0.717) is 0 Å². The number of sulfone groups is 1. The van der Waals surface area contributed by atoms with Crippen molar-refractivity contribution in [3.8, 4) is 0 Å². The second-order valence-electron chi connectivity index (χ2n) is 4.41. The number of rotatable bonds is 3. The number of nitrogens with one attached hydrogen (secondary N) is 1. The number of piperidine rings is 1. The Balaban J connectivity index is 2.16. The molecule has 0 saturated carbocycles. The molecule has 1 aliphatic heterocycles. The predicted molar refractivity (Wildman–Crippen MR) is 64.0 cm³/mol. The topological polar surface area (TPSA) is 46.2 Å². The first kappa shape index (κ1) is 12.5. The van der Waals surface area contributed by atoms with Crippen LogP contribution in [0.3, 0.4) is 0 Å². The summed E-state index contributed by atoms with van der Waals surface area (Å²) in [6.45, 7) is 1.69. The van der Waals surface area contributed by atoms with Crippen molar-refractivity contribution in [2.45, 2.75) is 17.7 Å². The van der Waals surface area contributed by atoms with Gasteiger partial charge in [-0.05, 0) is 44.0 Å². The Morgan fingerprint density at radius 1 is 1.24 bits per heavy atom. The van der Waals surface area contributed by atoms with Gasteiger partial charge in [0.25, 0.3) is 0 Å². The summed E-state index contributed by atoms with van der Waals surface area (Å²) >= 11 is 0. The Bertz CT molecular complexity index is 481. The molecule has 0 amide bonds. The third-order valence-electron chi connectivity index (χ3n) is 3.09. The van der Waals surface area contributed by atoms with Gasteiger partial charge in [-0.3, -0.25) is 0 Å².